The molecule has 6 aromatic carbocycles. The highest BCUT2D eigenvalue weighted by atomic mass is 32.2. The van der Waals surface area contributed by atoms with E-state index in [4.69, 9.17) is 11.5 Å². The van der Waals surface area contributed by atoms with Gasteiger partial charge in [0, 0.05) is 21.5 Å². The quantitative estimate of drug-likeness (QED) is 0.0660. The first-order valence-corrected chi connectivity index (χ1v) is 17.7. The van der Waals surface area contributed by atoms with Crippen molar-refractivity contribution in [3.05, 3.63) is 103 Å². The molecule has 52 heavy (non-hydrogen) atoms. The second-order valence-corrected chi connectivity index (χ2v) is 14.1. The number of alkyl halides is 3. The van der Waals surface area contributed by atoms with E-state index in [0.29, 0.717) is 38.5 Å². The molecule has 18 heteroatoms. The normalized spacial score (nSPS) is 12.7. The van der Waals surface area contributed by atoms with E-state index in [1.54, 1.807) is 67.6 Å². The lowest BCUT2D eigenvalue weighted by Gasteiger charge is -2.13. The molecule has 0 amide bonds. The number of azo groups is 2. The highest BCUT2D eigenvalue weighted by Gasteiger charge is 2.32. The number of rotatable bonds is 8. The standard InChI is InChI=1S/C34H25F3N6O7S2/c1-18-14-19(10-12-25(18)40-42-27-16-30(51(44,45)46)32(38)23-8-4-2-6-21(23)27)20-11-13-26(29(15-20)50-34(35,36)37)41-43-28-17-31(52(47,48)49)33(39)24-9-5-3-7-22(24)28/h2-17H,38-39H2,1H3,(H,44,45,46)(H,47,48,49). The molecule has 6 N–H and O–H groups in total. The fourth-order valence-corrected chi connectivity index (χ4v) is 6.74. The summed E-state index contributed by atoms with van der Waals surface area (Å²) in [5, 5.41) is 17.7. The fraction of sp³-hybridized carbons (Fsp3) is 0.0588. The largest absolute Gasteiger partial charge is 0.573 e. The molecular weight excluding hydrogens is 726 g/mol. The Kier molecular flexibility index (Phi) is 9.18. The average molecular weight is 751 g/mol. The number of aryl methyl sites for hydroxylation is 1. The monoisotopic (exact) mass is 750 g/mol. The van der Waals surface area contributed by atoms with Crippen LogP contribution in [0.5, 0.6) is 5.75 Å². The van der Waals surface area contributed by atoms with Crippen LogP contribution in [-0.4, -0.2) is 32.3 Å². The van der Waals surface area contributed by atoms with E-state index in [9.17, 15) is 39.1 Å². The van der Waals surface area contributed by atoms with Crippen molar-refractivity contribution < 1.29 is 43.8 Å². The zero-order chi connectivity index (χ0) is 37.6. The number of benzene rings is 6. The molecule has 266 valence electrons. The van der Waals surface area contributed by atoms with Gasteiger partial charge in [0.1, 0.15) is 15.5 Å². The van der Waals surface area contributed by atoms with Gasteiger partial charge in [-0.1, -0.05) is 60.7 Å². The maximum atomic E-state index is 13.5. The minimum atomic E-state index is -5.11. The lowest BCUT2D eigenvalue weighted by molar-refractivity contribution is -0.274. The van der Waals surface area contributed by atoms with Crippen LogP contribution in [0.3, 0.4) is 0 Å². The maximum Gasteiger partial charge on any atom is 0.573 e. The van der Waals surface area contributed by atoms with E-state index in [1.807, 2.05) is 0 Å². The zero-order valence-electron chi connectivity index (χ0n) is 26.6. The number of ether oxygens (including phenoxy) is 1. The summed E-state index contributed by atoms with van der Waals surface area (Å²) < 4.78 is 112. The first-order chi connectivity index (χ1) is 24.4. The molecule has 0 aliphatic carbocycles. The second kappa shape index (κ2) is 13.3. The molecule has 0 bridgehead atoms. The van der Waals surface area contributed by atoms with Crippen LogP contribution in [0.15, 0.2) is 127 Å². The van der Waals surface area contributed by atoms with E-state index in [0.717, 1.165) is 18.2 Å². The Morgan fingerprint density at radius 1 is 0.577 bits per heavy atom. The Hall–Kier alpha value is -5.95. The van der Waals surface area contributed by atoms with Crippen molar-refractivity contribution >= 4 is 75.9 Å². The highest BCUT2D eigenvalue weighted by Crippen LogP contribution is 2.41. The first-order valence-electron chi connectivity index (χ1n) is 14.8. The van der Waals surface area contributed by atoms with Gasteiger partial charge >= 0.3 is 6.36 Å². The number of hydrogen-bond acceptors (Lipinski definition) is 11. The second-order valence-electron chi connectivity index (χ2n) is 11.3. The molecule has 0 aliphatic rings. The van der Waals surface area contributed by atoms with Gasteiger partial charge in [-0.05, 0) is 60.0 Å². The van der Waals surface area contributed by atoms with Crippen LogP contribution in [0.4, 0.5) is 47.3 Å². The molecule has 6 aromatic rings. The van der Waals surface area contributed by atoms with Gasteiger partial charge in [-0.25, -0.2) is 0 Å². The summed E-state index contributed by atoms with van der Waals surface area (Å²) in [6.07, 6.45) is -5.11. The van der Waals surface area contributed by atoms with Gasteiger partial charge in [-0.3, -0.25) is 9.11 Å². The third-order valence-corrected chi connectivity index (χ3v) is 9.64. The SMILES string of the molecule is Cc1cc(-c2ccc(N=Nc3cc(S(=O)(=O)O)c(N)c4ccccc34)c(OC(F)(F)F)c2)ccc1N=Nc1cc(S(=O)(=O)O)c(N)c2ccccc12. The van der Waals surface area contributed by atoms with Gasteiger partial charge in [0.2, 0.25) is 0 Å². The Balaban J connectivity index is 1.36. The molecule has 0 saturated carbocycles. The number of anilines is 2. The summed E-state index contributed by atoms with van der Waals surface area (Å²) in [7, 11) is -9.47. The zero-order valence-corrected chi connectivity index (χ0v) is 28.2. The molecule has 0 radical (unpaired) electrons. The van der Waals surface area contributed by atoms with Crippen LogP contribution in [0.25, 0.3) is 32.7 Å². The third kappa shape index (κ3) is 7.40. The van der Waals surface area contributed by atoms with Gasteiger partial charge in [0.05, 0.1) is 28.4 Å². The number of nitrogens with two attached hydrogens (primary N) is 2. The summed E-state index contributed by atoms with van der Waals surface area (Å²) in [4.78, 5) is -1.18. The predicted molar refractivity (Wildman–Crippen MR) is 188 cm³/mol. The van der Waals surface area contributed by atoms with Crippen LogP contribution in [0.1, 0.15) is 5.56 Å². The minimum Gasteiger partial charge on any atom is -0.403 e. The summed E-state index contributed by atoms with van der Waals surface area (Å²) in [6, 6.07) is 23.4. The van der Waals surface area contributed by atoms with Crippen LogP contribution >= 0.6 is 0 Å². The molecule has 0 aromatic heterocycles. The molecule has 0 aliphatic heterocycles. The van der Waals surface area contributed by atoms with Gasteiger partial charge in [-0.15, -0.1) is 28.5 Å². The molecule has 0 fully saturated rings. The molecule has 13 nitrogen and oxygen atoms in total. The van der Waals surface area contributed by atoms with Crippen LogP contribution < -0.4 is 16.2 Å². The van der Waals surface area contributed by atoms with Crippen LogP contribution in [-0.2, 0) is 20.2 Å². The number of fused-ring (bicyclic) bond motifs is 2. The van der Waals surface area contributed by atoms with Gasteiger partial charge in [0.25, 0.3) is 20.2 Å². The fourth-order valence-electron chi connectivity index (χ4n) is 5.45. The molecule has 0 spiro atoms. The summed E-state index contributed by atoms with van der Waals surface area (Å²) >= 11 is 0. The Bertz CT molecular complexity index is 2700. The predicted octanol–water partition coefficient (Wildman–Crippen LogP) is 9.36. The van der Waals surface area contributed by atoms with Crippen molar-refractivity contribution in [1.82, 2.24) is 0 Å². The number of nitrogen functional groups attached to an aromatic ring is 2. The average Bonchev–Trinajstić information content (AvgIpc) is 3.07. The van der Waals surface area contributed by atoms with E-state index in [2.05, 4.69) is 25.2 Å². The van der Waals surface area contributed by atoms with Crippen molar-refractivity contribution in [3.8, 4) is 16.9 Å². The molecule has 0 heterocycles. The minimum absolute atomic E-state index is 0.0963. The lowest BCUT2D eigenvalue weighted by Crippen LogP contribution is -2.17. The molecular formula is C34H25F3N6O7S2. The Morgan fingerprint density at radius 2 is 0.981 bits per heavy atom. The molecule has 0 saturated heterocycles. The smallest absolute Gasteiger partial charge is 0.403 e. The van der Waals surface area contributed by atoms with Crippen molar-refractivity contribution in [2.24, 2.45) is 20.5 Å². The van der Waals surface area contributed by atoms with Crippen molar-refractivity contribution in [2.75, 3.05) is 11.5 Å². The van der Waals surface area contributed by atoms with E-state index in [-0.39, 0.29) is 33.8 Å². The number of halogens is 3. The highest BCUT2D eigenvalue weighted by molar-refractivity contribution is 7.86. The van der Waals surface area contributed by atoms with E-state index >= 15 is 0 Å². The number of nitrogens with zero attached hydrogens (tertiary/aromatic N) is 4. The summed E-state index contributed by atoms with van der Waals surface area (Å²) in [5.74, 6) is -0.713. The van der Waals surface area contributed by atoms with Crippen molar-refractivity contribution in [2.45, 2.75) is 23.1 Å². The molecule has 0 atom stereocenters. The van der Waals surface area contributed by atoms with E-state index in [1.165, 1.54) is 18.2 Å². The Morgan fingerprint density at radius 3 is 1.42 bits per heavy atom. The topological polar surface area (TPSA) is 219 Å². The van der Waals surface area contributed by atoms with Gasteiger partial charge in [-0.2, -0.15) is 21.9 Å². The van der Waals surface area contributed by atoms with Gasteiger partial charge < -0.3 is 16.2 Å². The molecule has 6 rings (SSSR count). The van der Waals surface area contributed by atoms with Crippen molar-refractivity contribution in [3.63, 3.8) is 0 Å². The van der Waals surface area contributed by atoms with Crippen LogP contribution in [0, 0.1) is 6.92 Å². The third-order valence-electron chi connectivity index (χ3n) is 7.86. The summed E-state index contributed by atoms with van der Waals surface area (Å²) in [6.45, 7) is 1.68. The lowest BCUT2D eigenvalue weighted by atomic mass is 10.0. The number of hydrogen-bond donors (Lipinski definition) is 4. The van der Waals surface area contributed by atoms with E-state index < -0.39 is 42.1 Å². The van der Waals surface area contributed by atoms with Gasteiger partial charge in [0.15, 0.2) is 5.75 Å². The van der Waals surface area contributed by atoms with Crippen molar-refractivity contribution in [1.29, 1.82) is 0 Å². The maximum absolute atomic E-state index is 13.5. The Labute approximate surface area is 293 Å². The van der Waals surface area contributed by atoms with Crippen LogP contribution in [0.2, 0.25) is 0 Å². The molecule has 0 unspecified atom stereocenters. The summed E-state index contributed by atoms with van der Waals surface area (Å²) in [5.41, 5.74) is 12.9. The first kappa shape index (κ1) is 35.9.